The van der Waals surface area contributed by atoms with Gasteiger partial charge in [-0.25, -0.2) is 0 Å². The smallest absolute Gasteiger partial charge is 0.144 e. The Hall–Kier alpha value is -5.66. The number of para-hydroxylation sites is 1. The molecule has 8 aromatic carbocycles. The van der Waals surface area contributed by atoms with E-state index in [2.05, 4.69) is 158 Å². The Morgan fingerprint density at radius 2 is 0.953 bits per heavy atom. The molecule has 9 rings (SSSR count). The lowest BCUT2D eigenvalue weighted by molar-refractivity contribution is 0.670. The third-order valence-electron chi connectivity index (χ3n) is 8.83. The normalized spacial score (nSPS) is 11.7. The summed E-state index contributed by atoms with van der Waals surface area (Å²) in [4.78, 5) is 0. The summed E-state index contributed by atoms with van der Waals surface area (Å²) in [5, 5.41) is 9.66. The minimum atomic E-state index is 0.904. The topological polar surface area (TPSA) is 13.1 Å². The second-order valence-electron chi connectivity index (χ2n) is 11.3. The lowest BCUT2D eigenvalue weighted by Crippen LogP contribution is -1.90. The van der Waals surface area contributed by atoms with Gasteiger partial charge in [-0.15, -0.1) is 0 Å². The van der Waals surface area contributed by atoms with Crippen LogP contribution in [-0.4, -0.2) is 0 Å². The molecule has 0 spiro atoms. The molecule has 0 aliphatic heterocycles. The van der Waals surface area contributed by atoms with E-state index < -0.39 is 0 Å². The van der Waals surface area contributed by atoms with Gasteiger partial charge in [-0.2, -0.15) is 0 Å². The van der Waals surface area contributed by atoms with E-state index in [9.17, 15) is 0 Å². The molecule has 200 valence electrons. The van der Waals surface area contributed by atoms with E-state index in [0.29, 0.717) is 0 Å². The molecule has 1 nitrogen and oxygen atoms in total. The Morgan fingerprint density at radius 3 is 1.81 bits per heavy atom. The molecule has 1 heteroatoms. The number of furan rings is 1. The van der Waals surface area contributed by atoms with Crippen molar-refractivity contribution in [3.8, 4) is 33.4 Å². The summed E-state index contributed by atoms with van der Waals surface area (Å²) in [7, 11) is 0. The molecule has 0 N–H and O–H groups in total. The summed E-state index contributed by atoms with van der Waals surface area (Å²) < 4.78 is 6.82. The molecule has 0 atom stereocenters. The van der Waals surface area contributed by atoms with Gasteiger partial charge in [-0.1, -0.05) is 140 Å². The lowest BCUT2D eigenvalue weighted by Gasteiger charge is -2.16. The van der Waals surface area contributed by atoms with Gasteiger partial charge >= 0.3 is 0 Å². The van der Waals surface area contributed by atoms with E-state index in [1.807, 2.05) is 0 Å². The van der Waals surface area contributed by atoms with E-state index in [1.54, 1.807) is 0 Å². The standard InChI is InChI=1S/C42H26O/c1-2-13-29-25-31(24-23-27(29)11-1)30-15-9-16-32(26-30)39-35-18-5-6-19-36(35)40(34-21-10-14-28-12-3-4-17-33(28)34)42-41(39)37-20-7-8-22-38(37)43-42/h1-26H. The zero-order valence-corrected chi connectivity index (χ0v) is 23.4. The summed E-state index contributed by atoms with van der Waals surface area (Å²) in [6.07, 6.45) is 0. The average molecular weight is 547 g/mol. The van der Waals surface area contributed by atoms with Gasteiger partial charge in [0.2, 0.25) is 0 Å². The molecule has 1 aromatic heterocycles. The van der Waals surface area contributed by atoms with Crippen molar-refractivity contribution in [2.24, 2.45) is 0 Å². The van der Waals surface area contributed by atoms with Crippen molar-refractivity contribution in [2.75, 3.05) is 0 Å². The highest BCUT2D eigenvalue weighted by Crippen LogP contribution is 2.49. The highest BCUT2D eigenvalue weighted by Gasteiger charge is 2.23. The molecule has 0 radical (unpaired) electrons. The summed E-state index contributed by atoms with van der Waals surface area (Å²) in [5.74, 6) is 0. The Kier molecular flexibility index (Phi) is 5.27. The largest absolute Gasteiger partial charge is 0.455 e. The molecule has 1 heterocycles. The van der Waals surface area contributed by atoms with Gasteiger partial charge in [-0.3, -0.25) is 0 Å². The van der Waals surface area contributed by atoms with E-state index in [0.717, 1.165) is 27.5 Å². The molecular formula is C42H26O. The Bertz CT molecular complexity index is 2510. The third-order valence-corrected chi connectivity index (χ3v) is 8.83. The number of benzene rings is 8. The molecule has 0 bridgehead atoms. The molecule has 9 aromatic rings. The average Bonchev–Trinajstić information content (AvgIpc) is 3.46. The Morgan fingerprint density at radius 1 is 0.349 bits per heavy atom. The van der Waals surface area contributed by atoms with Gasteiger partial charge in [0.1, 0.15) is 11.2 Å². The first-order chi connectivity index (χ1) is 21.3. The maximum absolute atomic E-state index is 6.82. The van der Waals surface area contributed by atoms with Crippen LogP contribution >= 0.6 is 0 Å². The van der Waals surface area contributed by atoms with Gasteiger partial charge in [-0.05, 0) is 72.8 Å². The number of fused-ring (bicyclic) bond motifs is 6. The van der Waals surface area contributed by atoms with Crippen LogP contribution in [0.5, 0.6) is 0 Å². The maximum atomic E-state index is 6.82. The summed E-state index contributed by atoms with van der Waals surface area (Å²) >= 11 is 0. The molecule has 0 saturated carbocycles. The van der Waals surface area contributed by atoms with Crippen LogP contribution in [0.4, 0.5) is 0 Å². The summed E-state index contributed by atoms with van der Waals surface area (Å²) in [5.41, 5.74) is 8.98. The number of hydrogen-bond acceptors (Lipinski definition) is 1. The van der Waals surface area contributed by atoms with Crippen molar-refractivity contribution in [1.82, 2.24) is 0 Å². The quantitative estimate of drug-likeness (QED) is 0.215. The molecule has 0 saturated heterocycles. The van der Waals surface area contributed by atoms with Gasteiger partial charge in [0.25, 0.3) is 0 Å². The van der Waals surface area contributed by atoms with Crippen molar-refractivity contribution in [1.29, 1.82) is 0 Å². The zero-order chi connectivity index (χ0) is 28.3. The van der Waals surface area contributed by atoms with E-state index in [4.69, 9.17) is 4.42 Å². The lowest BCUT2D eigenvalue weighted by atomic mass is 9.86. The molecule has 0 aliphatic carbocycles. The van der Waals surface area contributed by atoms with Crippen LogP contribution in [0.15, 0.2) is 162 Å². The fourth-order valence-electron chi connectivity index (χ4n) is 6.88. The predicted octanol–water partition coefficient (Wildman–Crippen LogP) is 12.0. The van der Waals surface area contributed by atoms with Crippen LogP contribution < -0.4 is 0 Å². The van der Waals surface area contributed by atoms with Crippen molar-refractivity contribution in [2.45, 2.75) is 0 Å². The first-order valence-electron chi connectivity index (χ1n) is 14.8. The highest BCUT2D eigenvalue weighted by atomic mass is 16.3. The molecule has 0 fully saturated rings. The summed E-state index contributed by atoms with van der Waals surface area (Å²) in [6.45, 7) is 0. The van der Waals surface area contributed by atoms with Gasteiger partial charge < -0.3 is 4.42 Å². The van der Waals surface area contributed by atoms with Crippen molar-refractivity contribution in [3.63, 3.8) is 0 Å². The second-order valence-corrected chi connectivity index (χ2v) is 11.3. The van der Waals surface area contributed by atoms with E-state index in [1.165, 1.54) is 60.1 Å². The molecule has 0 unspecified atom stereocenters. The van der Waals surface area contributed by atoms with Crippen LogP contribution in [0, 0.1) is 0 Å². The van der Waals surface area contributed by atoms with Crippen LogP contribution in [-0.2, 0) is 0 Å². The minimum absolute atomic E-state index is 0.904. The Balaban J connectivity index is 1.39. The monoisotopic (exact) mass is 546 g/mol. The molecule has 0 amide bonds. The molecular weight excluding hydrogens is 520 g/mol. The van der Waals surface area contributed by atoms with Crippen LogP contribution in [0.25, 0.3) is 87.6 Å². The van der Waals surface area contributed by atoms with Crippen LogP contribution in [0.1, 0.15) is 0 Å². The van der Waals surface area contributed by atoms with Crippen molar-refractivity contribution in [3.05, 3.63) is 158 Å². The number of hydrogen-bond donors (Lipinski definition) is 0. The first kappa shape index (κ1) is 24.0. The van der Waals surface area contributed by atoms with Crippen molar-refractivity contribution >= 4 is 54.3 Å². The fourth-order valence-corrected chi connectivity index (χ4v) is 6.88. The van der Waals surface area contributed by atoms with Crippen LogP contribution in [0.2, 0.25) is 0 Å². The first-order valence-corrected chi connectivity index (χ1v) is 14.8. The van der Waals surface area contributed by atoms with Gasteiger partial charge in [0.05, 0.1) is 0 Å². The van der Waals surface area contributed by atoms with Gasteiger partial charge in [0, 0.05) is 21.9 Å². The van der Waals surface area contributed by atoms with Crippen LogP contribution in [0.3, 0.4) is 0 Å². The predicted molar refractivity (Wildman–Crippen MR) is 183 cm³/mol. The van der Waals surface area contributed by atoms with Gasteiger partial charge in [0.15, 0.2) is 0 Å². The molecule has 0 aliphatic rings. The van der Waals surface area contributed by atoms with Crippen molar-refractivity contribution < 1.29 is 4.42 Å². The minimum Gasteiger partial charge on any atom is -0.455 e. The maximum Gasteiger partial charge on any atom is 0.144 e. The Labute approximate surface area is 249 Å². The number of rotatable bonds is 3. The van der Waals surface area contributed by atoms with E-state index in [-0.39, 0.29) is 0 Å². The highest BCUT2D eigenvalue weighted by molar-refractivity contribution is 6.28. The van der Waals surface area contributed by atoms with E-state index >= 15 is 0 Å². The summed E-state index contributed by atoms with van der Waals surface area (Å²) in [6, 6.07) is 56.7. The zero-order valence-electron chi connectivity index (χ0n) is 23.4. The molecule has 43 heavy (non-hydrogen) atoms. The fraction of sp³-hybridized carbons (Fsp3) is 0. The second kappa shape index (κ2) is 9.44. The third kappa shape index (κ3) is 3.72. The SMILES string of the molecule is c1cc(-c2ccc3ccccc3c2)cc(-c2c3ccccc3c(-c3cccc4ccccc34)c3oc4ccccc4c23)c1.